The Morgan fingerprint density at radius 2 is 1.42 bits per heavy atom. The highest BCUT2D eigenvalue weighted by molar-refractivity contribution is 6.13. The predicted octanol–water partition coefficient (Wildman–Crippen LogP) is 5.96. The molecule has 26 heavy (non-hydrogen) atoms. The van der Waals surface area contributed by atoms with Crippen LogP contribution in [0, 0.1) is 0 Å². The second-order valence-corrected chi connectivity index (χ2v) is 6.46. The van der Waals surface area contributed by atoms with Gasteiger partial charge in [-0.1, -0.05) is 60.7 Å². The molecule has 0 unspecified atom stereocenters. The van der Waals surface area contributed by atoms with Gasteiger partial charge in [-0.3, -0.25) is 4.90 Å². The van der Waals surface area contributed by atoms with Crippen LogP contribution in [0.3, 0.4) is 0 Å². The first-order valence-corrected chi connectivity index (χ1v) is 8.96. The van der Waals surface area contributed by atoms with E-state index in [2.05, 4.69) is 113 Å². The molecule has 1 aliphatic carbocycles. The van der Waals surface area contributed by atoms with E-state index in [1.807, 2.05) is 0 Å². The van der Waals surface area contributed by atoms with Crippen LogP contribution in [0.25, 0.3) is 0 Å². The molecule has 0 bridgehead atoms. The Hall–Kier alpha value is -3.39. The number of hydrogen-bond acceptors (Lipinski definition) is 1. The van der Waals surface area contributed by atoms with Crippen molar-refractivity contribution in [2.75, 3.05) is 4.90 Å². The highest BCUT2D eigenvalue weighted by Gasteiger charge is 2.37. The number of benzene rings is 3. The smallest absolute Gasteiger partial charge is 0.235 e. The van der Waals surface area contributed by atoms with Crippen molar-refractivity contribution in [1.82, 2.24) is 4.58 Å². The van der Waals surface area contributed by atoms with Gasteiger partial charge in [0.25, 0.3) is 0 Å². The molecule has 2 nitrogen and oxygen atoms in total. The quantitative estimate of drug-likeness (QED) is 0.524. The molecule has 0 aromatic heterocycles. The standard InChI is InChI=1S/C24H19N2/c1-3-11-19(12-4-1)25-21-15-7-9-17-23(21)26(20-13-5-2-6-14-20)24-18-10-8-16-22(24)25/h1-17H,18H2/q+1. The minimum atomic E-state index is 0.915. The monoisotopic (exact) mass is 335 g/mol. The molecule has 0 spiro atoms. The van der Waals surface area contributed by atoms with Gasteiger partial charge in [0.2, 0.25) is 17.1 Å². The molecule has 0 atom stereocenters. The van der Waals surface area contributed by atoms with Crippen LogP contribution < -0.4 is 9.48 Å². The van der Waals surface area contributed by atoms with E-state index >= 15 is 0 Å². The van der Waals surface area contributed by atoms with Crippen LogP contribution in [0.5, 0.6) is 0 Å². The van der Waals surface area contributed by atoms with E-state index in [9.17, 15) is 0 Å². The maximum atomic E-state index is 2.39. The summed E-state index contributed by atoms with van der Waals surface area (Å²) in [7, 11) is 0. The fourth-order valence-electron chi connectivity index (χ4n) is 3.79. The SMILES string of the molecule is C1=CCC2=[N+](c3ccccc3)c3ccccc3N(c3ccccc3)C2=C1. The molecule has 2 heteroatoms. The van der Waals surface area contributed by atoms with E-state index in [1.165, 1.54) is 34.2 Å². The van der Waals surface area contributed by atoms with Crippen LogP contribution in [0.1, 0.15) is 6.42 Å². The third kappa shape index (κ3) is 2.31. The maximum absolute atomic E-state index is 2.39. The molecule has 1 heterocycles. The largest absolute Gasteiger partial charge is 0.299 e. The minimum absolute atomic E-state index is 0.915. The molecule has 3 aromatic rings. The molecule has 0 saturated heterocycles. The Morgan fingerprint density at radius 1 is 0.731 bits per heavy atom. The number of allylic oxidation sites excluding steroid dienone is 4. The van der Waals surface area contributed by atoms with E-state index in [4.69, 9.17) is 0 Å². The van der Waals surface area contributed by atoms with Gasteiger partial charge in [0.1, 0.15) is 11.4 Å². The van der Waals surface area contributed by atoms with Gasteiger partial charge in [0.05, 0.1) is 6.42 Å². The zero-order chi connectivity index (χ0) is 17.3. The number of nitrogens with zero attached hydrogens (tertiary/aromatic N) is 2. The van der Waals surface area contributed by atoms with Gasteiger partial charge < -0.3 is 0 Å². The molecule has 0 fully saturated rings. The topological polar surface area (TPSA) is 6.25 Å². The lowest BCUT2D eigenvalue weighted by Gasteiger charge is -2.32. The first-order valence-electron chi connectivity index (χ1n) is 8.96. The first kappa shape index (κ1) is 14.9. The predicted molar refractivity (Wildman–Crippen MR) is 110 cm³/mol. The van der Waals surface area contributed by atoms with Crippen molar-refractivity contribution in [3.8, 4) is 0 Å². The Morgan fingerprint density at radius 3 is 2.23 bits per heavy atom. The Labute approximate surface area is 153 Å². The molecule has 0 saturated carbocycles. The van der Waals surface area contributed by atoms with E-state index in [0.29, 0.717) is 0 Å². The molecular formula is C24H19N2+. The molecule has 3 aromatic carbocycles. The van der Waals surface area contributed by atoms with Crippen molar-refractivity contribution < 1.29 is 0 Å². The summed E-state index contributed by atoms with van der Waals surface area (Å²) in [5, 5.41) is 0. The van der Waals surface area contributed by atoms with Crippen LogP contribution in [0.15, 0.2) is 109 Å². The zero-order valence-electron chi connectivity index (χ0n) is 14.4. The van der Waals surface area contributed by atoms with E-state index in [1.54, 1.807) is 0 Å². The fourth-order valence-corrected chi connectivity index (χ4v) is 3.79. The lowest BCUT2D eigenvalue weighted by Crippen LogP contribution is -2.34. The highest BCUT2D eigenvalue weighted by Crippen LogP contribution is 2.43. The highest BCUT2D eigenvalue weighted by atomic mass is 15.2. The Bertz CT molecular complexity index is 1040. The summed E-state index contributed by atoms with van der Waals surface area (Å²) in [4.78, 5) is 2.37. The molecule has 1 aliphatic heterocycles. The summed E-state index contributed by atoms with van der Waals surface area (Å²) in [5.74, 6) is 0. The number of hydrogen-bond donors (Lipinski definition) is 0. The van der Waals surface area contributed by atoms with Crippen molar-refractivity contribution in [1.29, 1.82) is 0 Å². The van der Waals surface area contributed by atoms with Crippen LogP contribution in [0.2, 0.25) is 0 Å². The third-order valence-electron chi connectivity index (χ3n) is 4.90. The van der Waals surface area contributed by atoms with E-state index in [-0.39, 0.29) is 0 Å². The second kappa shape index (κ2) is 6.16. The summed E-state index contributed by atoms with van der Waals surface area (Å²) in [6.07, 6.45) is 7.52. The molecular weight excluding hydrogens is 316 g/mol. The molecule has 124 valence electrons. The number of fused-ring (bicyclic) bond motifs is 2. The maximum Gasteiger partial charge on any atom is 0.235 e. The number of anilines is 2. The number of para-hydroxylation sites is 4. The average molecular weight is 335 g/mol. The van der Waals surface area contributed by atoms with Crippen molar-refractivity contribution in [3.63, 3.8) is 0 Å². The van der Waals surface area contributed by atoms with Crippen molar-refractivity contribution in [2.24, 2.45) is 0 Å². The van der Waals surface area contributed by atoms with Gasteiger partial charge in [0, 0.05) is 23.9 Å². The van der Waals surface area contributed by atoms with Crippen LogP contribution in [-0.4, -0.2) is 5.71 Å². The lowest BCUT2D eigenvalue weighted by atomic mass is 10.00. The first-order chi connectivity index (χ1) is 12.9. The Kier molecular flexibility index (Phi) is 3.53. The van der Waals surface area contributed by atoms with Gasteiger partial charge >= 0.3 is 0 Å². The van der Waals surface area contributed by atoms with Crippen molar-refractivity contribution in [2.45, 2.75) is 6.42 Å². The van der Waals surface area contributed by atoms with Crippen LogP contribution >= 0.6 is 0 Å². The molecule has 0 N–H and O–H groups in total. The van der Waals surface area contributed by atoms with Crippen molar-refractivity contribution >= 4 is 28.5 Å². The van der Waals surface area contributed by atoms with E-state index < -0.39 is 0 Å². The Balaban J connectivity index is 1.82. The average Bonchev–Trinajstić information content (AvgIpc) is 2.73. The van der Waals surface area contributed by atoms with Gasteiger partial charge in [-0.15, -0.1) is 0 Å². The summed E-state index contributed by atoms with van der Waals surface area (Å²) in [6, 6.07) is 29.9. The van der Waals surface area contributed by atoms with Crippen LogP contribution in [0.4, 0.5) is 22.7 Å². The second-order valence-electron chi connectivity index (χ2n) is 6.46. The summed E-state index contributed by atoms with van der Waals surface area (Å²) in [5.41, 5.74) is 7.34. The van der Waals surface area contributed by atoms with Gasteiger partial charge in [-0.25, -0.2) is 0 Å². The van der Waals surface area contributed by atoms with Gasteiger partial charge in [0.15, 0.2) is 0 Å². The summed E-state index contributed by atoms with van der Waals surface area (Å²) in [6.45, 7) is 0. The molecule has 0 radical (unpaired) electrons. The third-order valence-corrected chi connectivity index (χ3v) is 4.90. The fraction of sp³-hybridized carbons (Fsp3) is 0.0417. The van der Waals surface area contributed by atoms with E-state index in [0.717, 1.165) is 6.42 Å². The summed E-state index contributed by atoms with van der Waals surface area (Å²) >= 11 is 0. The molecule has 5 rings (SSSR count). The van der Waals surface area contributed by atoms with Gasteiger partial charge in [-0.2, -0.15) is 4.58 Å². The molecule has 2 aliphatic rings. The minimum Gasteiger partial charge on any atom is -0.299 e. The van der Waals surface area contributed by atoms with Crippen LogP contribution in [-0.2, 0) is 0 Å². The summed E-state index contributed by atoms with van der Waals surface area (Å²) < 4.78 is 2.39. The lowest BCUT2D eigenvalue weighted by molar-refractivity contribution is 0.998. The zero-order valence-corrected chi connectivity index (χ0v) is 14.4. The van der Waals surface area contributed by atoms with Gasteiger partial charge in [-0.05, 0) is 24.3 Å². The van der Waals surface area contributed by atoms with Crippen molar-refractivity contribution in [3.05, 3.63) is 109 Å². The molecule has 0 amide bonds. The number of rotatable bonds is 2. The normalized spacial score (nSPS) is 15.4.